The van der Waals surface area contributed by atoms with E-state index in [1.165, 1.54) is 5.56 Å². The Bertz CT molecular complexity index is 1390. The van der Waals surface area contributed by atoms with E-state index >= 15 is 0 Å². The van der Waals surface area contributed by atoms with Crippen molar-refractivity contribution in [3.8, 4) is 5.75 Å². The molecule has 1 N–H and O–H groups in total. The Labute approximate surface area is 214 Å². The van der Waals surface area contributed by atoms with Crippen LogP contribution in [0.1, 0.15) is 28.5 Å². The van der Waals surface area contributed by atoms with Gasteiger partial charge in [0.25, 0.3) is 5.91 Å². The quantitative estimate of drug-likeness (QED) is 0.395. The van der Waals surface area contributed by atoms with Gasteiger partial charge in [-0.2, -0.15) is 0 Å². The number of aromatic nitrogens is 1. The number of thiophene rings is 1. The topological polar surface area (TPSA) is 66.8 Å². The zero-order valence-electron chi connectivity index (χ0n) is 20.7. The van der Waals surface area contributed by atoms with Crippen molar-refractivity contribution >= 4 is 39.2 Å². The summed E-state index contributed by atoms with van der Waals surface area (Å²) in [5.41, 5.74) is 3.69. The van der Waals surface area contributed by atoms with Gasteiger partial charge in [-0.3, -0.25) is 4.79 Å². The van der Waals surface area contributed by atoms with Crippen molar-refractivity contribution in [1.29, 1.82) is 0 Å². The smallest absolute Gasteiger partial charge is 0.322 e. The predicted molar refractivity (Wildman–Crippen MR) is 144 cm³/mol. The Morgan fingerprint density at radius 3 is 2.61 bits per heavy atom. The van der Waals surface area contributed by atoms with Crippen LogP contribution < -0.4 is 10.1 Å². The third-order valence-electron chi connectivity index (χ3n) is 6.71. The number of rotatable bonds is 5. The molecule has 0 saturated carbocycles. The molecule has 3 heterocycles. The highest BCUT2D eigenvalue weighted by Gasteiger charge is 2.32. The third-order valence-corrected chi connectivity index (χ3v) is 7.66. The van der Waals surface area contributed by atoms with Gasteiger partial charge in [0.1, 0.15) is 16.3 Å². The Kier molecular flexibility index (Phi) is 6.69. The fraction of sp³-hybridized carbons (Fsp3) is 0.286. The molecule has 0 radical (unpaired) electrons. The lowest BCUT2D eigenvalue weighted by Crippen LogP contribution is -2.56. The molecule has 8 heteroatoms. The number of carbonyl (C=O) groups is 2. The minimum atomic E-state index is -0.192. The highest BCUT2D eigenvalue weighted by atomic mass is 32.1. The summed E-state index contributed by atoms with van der Waals surface area (Å²) in [5.74, 6) is 0.615. The zero-order chi connectivity index (χ0) is 25.2. The number of benzene rings is 2. The first-order valence-electron chi connectivity index (χ1n) is 12.1. The number of ether oxygens (including phenoxy) is 1. The lowest BCUT2D eigenvalue weighted by Gasteiger charge is -2.39. The third kappa shape index (κ3) is 4.68. The van der Waals surface area contributed by atoms with Gasteiger partial charge in [0.05, 0.1) is 12.8 Å². The highest BCUT2D eigenvalue weighted by Crippen LogP contribution is 2.28. The van der Waals surface area contributed by atoms with E-state index in [4.69, 9.17) is 4.74 Å². The number of nitrogens with zero attached hydrogens (tertiary/aromatic N) is 3. The normalized spacial score (nSPS) is 15.8. The van der Waals surface area contributed by atoms with Crippen LogP contribution in [0.4, 0.5) is 10.5 Å². The average Bonchev–Trinajstić information content (AvgIpc) is 3.47. The monoisotopic (exact) mass is 502 g/mol. The zero-order valence-corrected chi connectivity index (χ0v) is 21.5. The second-order valence-electron chi connectivity index (χ2n) is 9.21. The van der Waals surface area contributed by atoms with E-state index in [2.05, 4.69) is 52.5 Å². The molecule has 3 amide bonds. The van der Waals surface area contributed by atoms with Crippen LogP contribution in [0.25, 0.3) is 10.2 Å². The molecule has 0 bridgehead atoms. The van der Waals surface area contributed by atoms with Crippen molar-refractivity contribution in [2.75, 3.05) is 32.1 Å². The van der Waals surface area contributed by atoms with Crippen LogP contribution in [0.5, 0.6) is 5.75 Å². The molecule has 0 aliphatic carbocycles. The standard InChI is InChI=1S/C28H30N4O3S/c1-19-8-10-21(11-9-19)18-32-24(16-22-12-15-36-27(22)32)26(33)30-13-14-31(20(2)17-30)28(34)29-23-6-4-5-7-25(23)35-3/h4-12,15-16,20H,13-14,17-18H2,1-3H3,(H,29,34). The van der Waals surface area contributed by atoms with Crippen LogP contribution >= 0.6 is 11.3 Å². The van der Waals surface area contributed by atoms with E-state index in [1.54, 1.807) is 23.3 Å². The molecule has 7 nitrogen and oxygen atoms in total. The van der Waals surface area contributed by atoms with Crippen LogP contribution in [-0.2, 0) is 6.54 Å². The number of carbonyl (C=O) groups excluding carboxylic acids is 2. The molecule has 1 unspecified atom stereocenters. The molecule has 2 aromatic heterocycles. The van der Waals surface area contributed by atoms with Gasteiger partial charge in [-0.1, -0.05) is 42.0 Å². The van der Waals surface area contributed by atoms with Gasteiger partial charge < -0.3 is 24.4 Å². The minimum absolute atomic E-state index is 0.00199. The Morgan fingerprint density at radius 1 is 1.08 bits per heavy atom. The SMILES string of the molecule is COc1ccccc1NC(=O)N1CCN(C(=O)c2cc3ccsc3n2Cc2ccc(C)cc2)CC1C. The van der Waals surface area contributed by atoms with Crippen molar-refractivity contribution in [1.82, 2.24) is 14.4 Å². The number of aryl methyl sites for hydroxylation is 1. The van der Waals surface area contributed by atoms with Crippen molar-refractivity contribution in [3.05, 3.63) is 82.9 Å². The lowest BCUT2D eigenvalue weighted by atomic mass is 10.1. The number of fused-ring (bicyclic) bond motifs is 1. The number of para-hydroxylation sites is 2. The van der Waals surface area contributed by atoms with Crippen LogP contribution in [0, 0.1) is 6.92 Å². The molecule has 2 aromatic carbocycles. The second kappa shape index (κ2) is 10.1. The maximum Gasteiger partial charge on any atom is 0.322 e. The molecule has 1 aliphatic rings. The van der Waals surface area contributed by atoms with Crippen molar-refractivity contribution in [2.24, 2.45) is 0 Å². The number of methoxy groups -OCH3 is 1. The van der Waals surface area contributed by atoms with E-state index in [0.717, 1.165) is 15.8 Å². The van der Waals surface area contributed by atoms with Crippen LogP contribution in [0.3, 0.4) is 0 Å². The van der Waals surface area contributed by atoms with Gasteiger partial charge in [-0.25, -0.2) is 4.79 Å². The van der Waals surface area contributed by atoms with Crippen molar-refractivity contribution in [2.45, 2.75) is 26.4 Å². The molecule has 1 saturated heterocycles. The molecule has 1 aliphatic heterocycles. The highest BCUT2D eigenvalue weighted by molar-refractivity contribution is 7.16. The van der Waals surface area contributed by atoms with Crippen molar-refractivity contribution in [3.63, 3.8) is 0 Å². The summed E-state index contributed by atoms with van der Waals surface area (Å²) in [6.07, 6.45) is 0. The van der Waals surface area contributed by atoms with Crippen LogP contribution in [0.15, 0.2) is 66.0 Å². The molecule has 36 heavy (non-hydrogen) atoms. The van der Waals surface area contributed by atoms with E-state index in [1.807, 2.05) is 42.2 Å². The average molecular weight is 503 g/mol. The van der Waals surface area contributed by atoms with Crippen LogP contribution in [-0.4, -0.2) is 59.1 Å². The molecule has 1 atom stereocenters. The largest absolute Gasteiger partial charge is 0.495 e. The summed E-state index contributed by atoms with van der Waals surface area (Å²) in [5, 5.41) is 6.09. The first-order chi connectivity index (χ1) is 17.4. The summed E-state index contributed by atoms with van der Waals surface area (Å²) in [6, 6.07) is 19.5. The maximum absolute atomic E-state index is 13.7. The molecule has 1 fully saturated rings. The Balaban J connectivity index is 1.31. The van der Waals surface area contributed by atoms with Gasteiger partial charge >= 0.3 is 6.03 Å². The Hall–Kier alpha value is -3.78. The fourth-order valence-corrected chi connectivity index (χ4v) is 5.62. The van der Waals surface area contributed by atoms with Gasteiger partial charge in [0.2, 0.25) is 0 Å². The fourth-order valence-electron chi connectivity index (χ4n) is 4.73. The number of piperazine rings is 1. The summed E-state index contributed by atoms with van der Waals surface area (Å²) in [4.78, 5) is 31.5. The van der Waals surface area contributed by atoms with Crippen LogP contribution in [0.2, 0.25) is 0 Å². The number of nitrogens with one attached hydrogen (secondary N) is 1. The molecular weight excluding hydrogens is 472 g/mol. The minimum Gasteiger partial charge on any atom is -0.495 e. The predicted octanol–water partition coefficient (Wildman–Crippen LogP) is 5.45. The lowest BCUT2D eigenvalue weighted by molar-refractivity contribution is 0.0583. The number of amides is 3. The summed E-state index contributed by atoms with van der Waals surface area (Å²) >= 11 is 1.65. The first-order valence-corrected chi connectivity index (χ1v) is 12.9. The number of urea groups is 1. The molecular formula is C28H30N4O3S. The maximum atomic E-state index is 13.7. The van der Waals surface area contributed by atoms with E-state index in [9.17, 15) is 9.59 Å². The van der Waals surface area contributed by atoms with E-state index in [0.29, 0.717) is 43.3 Å². The Morgan fingerprint density at radius 2 is 1.86 bits per heavy atom. The first kappa shape index (κ1) is 23.9. The van der Waals surface area contributed by atoms with Gasteiger partial charge in [0.15, 0.2) is 0 Å². The number of anilines is 1. The molecule has 5 rings (SSSR count). The van der Waals surface area contributed by atoms with Gasteiger partial charge in [0, 0.05) is 37.6 Å². The summed E-state index contributed by atoms with van der Waals surface area (Å²) in [7, 11) is 1.58. The summed E-state index contributed by atoms with van der Waals surface area (Å²) in [6.45, 7) is 6.10. The molecule has 4 aromatic rings. The van der Waals surface area contributed by atoms with E-state index in [-0.39, 0.29) is 18.0 Å². The second-order valence-corrected chi connectivity index (χ2v) is 10.1. The molecule has 0 spiro atoms. The number of hydrogen-bond acceptors (Lipinski definition) is 4. The van der Waals surface area contributed by atoms with Gasteiger partial charge in [-0.05, 0) is 49.1 Å². The van der Waals surface area contributed by atoms with Crippen molar-refractivity contribution < 1.29 is 14.3 Å². The number of hydrogen-bond donors (Lipinski definition) is 1. The summed E-state index contributed by atoms with van der Waals surface area (Å²) < 4.78 is 7.47. The van der Waals surface area contributed by atoms with Gasteiger partial charge in [-0.15, -0.1) is 11.3 Å². The van der Waals surface area contributed by atoms with E-state index < -0.39 is 0 Å². The molecule has 186 valence electrons.